The molecule has 0 saturated heterocycles. The van der Waals surface area contributed by atoms with Gasteiger partial charge in [-0.3, -0.25) is 5.43 Å². The van der Waals surface area contributed by atoms with Crippen molar-refractivity contribution in [3.8, 4) is 5.95 Å². The van der Waals surface area contributed by atoms with Crippen LogP contribution < -0.4 is 16.6 Å². The number of nitrogens with one attached hydrogen (secondary N) is 2. The fourth-order valence-electron chi connectivity index (χ4n) is 1.85. The lowest BCUT2D eigenvalue weighted by atomic mass is 9.85. The zero-order chi connectivity index (χ0) is 13.1. The molecule has 0 spiro atoms. The Morgan fingerprint density at radius 2 is 2.11 bits per heavy atom. The summed E-state index contributed by atoms with van der Waals surface area (Å²) < 4.78 is 1.46. The molecule has 9 heteroatoms. The van der Waals surface area contributed by atoms with Crippen molar-refractivity contribution >= 4 is 11.9 Å². The summed E-state index contributed by atoms with van der Waals surface area (Å²) in [5.74, 6) is 7.21. The van der Waals surface area contributed by atoms with Crippen LogP contribution in [-0.2, 0) is 0 Å². The van der Waals surface area contributed by atoms with Crippen LogP contribution in [0.25, 0.3) is 5.95 Å². The molecule has 3 rings (SSSR count). The number of hydrazine groups is 1. The van der Waals surface area contributed by atoms with Crippen LogP contribution in [0.3, 0.4) is 0 Å². The van der Waals surface area contributed by atoms with Crippen LogP contribution in [-0.4, -0.2) is 36.3 Å². The molecule has 0 atom stereocenters. The molecule has 2 heterocycles. The van der Waals surface area contributed by atoms with E-state index in [0.717, 1.165) is 6.54 Å². The first-order valence-electron chi connectivity index (χ1n) is 6.17. The Bertz CT molecular complexity index is 534. The molecule has 0 aliphatic heterocycles. The molecule has 0 bridgehead atoms. The largest absolute Gasteiger partial charge is 0.354 e. The molecule has 4 N–H and O–H groups in total. The van der Waals surface area contributed by atoms with Crippen molar-refractivity contribution in [2.45, 2.75) is 19.3 Å². The molecule has 9 nitrogen and oxygen atoms in total. The summed E-state index contributed by atoms with van der Waals surface area (Å²) in [5.41, 5.74) is 2.42. The van der Waals surface area contributed by atoms with Crippen LogP contribution in [0, 0.1) is 5.92 Å². The summed E-state index contributed by atoms with van der Waals surface area (Å²) in [5, 5.41) is 7.19. The molecule has 0 amide bonds. The summed E-state index contributed by atoms with van der Waals surface area (Å²) in [7, 11) is 0. The van der Waals surface area contributed by atoms with Gasteiger partial charge in [-0.2, -0.15) is 24.7 Å². The van der Waals surface area contributed by atoms with Crippen LogP contribution in [0.4, 0.5) is 11.9 Å². The van der Waals surface area contributed by atoms with E-state index in [1.807, 2.05) is 0 Å². The lowest BCUT2D eigenvalue weighted by Gasteiger charge is -2.25. The molecular formula is C10H15N9. The average Bonchev–Trinajstić information content (AvgIpc) is 2.90. The minimum absolute atomic E-state index is 0.289. The second-order valence-electron chi connectivity index (χ2n) is 4.44. The molecule has 100 valence electrons. The third kappa shape index (κ3) is 2.60. The van der Waals surface area contributed by atoms with Gasteiger partial charge in [-0.15, -0.1) is 0 Å². The number of hydrogen-bond donors (Lipinski definition) is 3. The number of hydrogen-bond acceptors (Lipinski definition) is 8. The monoisotopic (exact) mass is 261 g/mol. The van der Waals surface area contributed by atoms with E-state index >= 15 is 0 Å². The van der Waals surface area contributed by atoms with E-state index in [1.54, 1.807) is 0 Å². The Kier molecular flexibility index (Phi) is 3.19. The Hall–Kier alpha value is -2.29. The molecular weight excluding hydrogens is 246 g/mol. The van der Waals surface area contributed by atoms with Gasteiger partial charge in [-0.1, -0.05) is 6.42 Å². The molecule has 2 aromatic rings. The lowest BCUT2D eigenvalue weighted by Crippen LogP contribution is -2.23. The van der Waals surface area contributed by atoms with Crippen LogP contribution >= 0.6 is 0 Å². The van der Waals surface area contributed by atoms with Gasteiger partial charge >= 0.3 is 0 Å². The first-order valence-corrected chi connectivity index (χ1v) is 6.17. The normalized spacial score (nSPS) is 15.0. The standard InChI is InChI=1S/C10H15N9/c11-18-9-15-8(13-4-7-2-1-3-7)16-10(17-9)19-6-12-5-14-19/h5-7H,1-4,11H2,(H2,13,15,16,17,18). The highest BCUT2D eigenvalue weighted by Gasteiger charge is 2.17. The zero-order valence-electron chi connectivity index (χ0n) is 10.3. The SMILES string of the molecule is NNc1nc(NCC2CCC2)nc(-n2cncn2)n1. The molecule has 0 radical (unpaired) electrons. The summed E-state index contributed by atoms with van der Waals surface area (Å²) in [6, 6.07) is 0. The van der Waals surface area contributed by atoms with Crippen molar-refractivity contribution in [1.29, 1.82) is 0 Å². The molecule has 1 aliphatic rings. The van der Waals surface area contributed by atoms with Gasteiger partial charge < -0.3 is 5.32 Å². The minimum Gasteiger partial charge on any atom is -0.354 e. The predicted molar refractivity (Wildman–Crippen MR) is 68.4 cm³/mol. The molecule has 1 aliphatic carbocycles. The number of nitrogen functional groups attached to an aromatic ring is 1. The van der Waals surface area contributed by atoms with E-state index in [1.165, 1.54) is 36.6 Å². The van der Waals surface area contributed by atoms with E-state index in [-0.39, 0.29) is 5.95 Å². The highest BCUT2D eigenvalue weighted by molar-refractivity contribution is 5.36. The first-order chi connectivity index (χ1) is 9.35. The summed E-state index contributed by atoms with van der Waals surface area (Å²) >= 11 is 0. The smallest absolute Gasteiger partial charge is 0.258 e. The minimum atomic E-state index is 0.289. The van der Waals surface area contributed by atoms with Gasteiger partial charge in [-0.25, -0.2) is 10.8 Å². The molecule has 1 fully saturated rings. The number of nitrogens with two attached hydrogens (primary N) is 1. The fourth-order valence-corrected chi connectivity index (χ4v) is 1.85. The summed E-state index contributed by atoms with van der Waals surface area (Å²) in [6.45, 7) is 0.866. The number of anilines is 2. The van der Waals surface area contributed by atoms with E-state index in [9.17, 15) is 0 Å². The molecule has 0 aromatic carbocycles. The van der Waals surface area contributed by atoms with Crippen molar-refractivity contribution < 1.29 is 0 Å². The van der Waals surface area contributed by atoms with Crippen LogP contribution in [0.1, 0.15) is 19.3 Å². The van der Waals surface area contributed by atoms with Crippen LogP contribution in [0.5, 0.6) is 0 Å². The highest BCUT2D eigenvalue weighted by atomic mass is 15.4. The third-order valence-electron chi connectivity index (χ3n) is 3.15. The Morgan fingerprint density at radius 1 is 1.26 bits per heavy atom. The maximum absolute atomic E-state index is 5.36. The summed E-state index contributed by atoms with van der Waals surface area (Å²) in [6.07, 6.45) is 6.77. The predicted octanol–water partition coefficient (Wildman–Crippen LogP) is -0.0501. The van der Waals surface area contributed by atoms with Crippen molar-refractivity contribution in [3.63, 3.8) is 0 Å². The van der Waals surface area contributed by atoms with Gasteiger partial charge in [0.05, 0.1) is 0 Å². The zero-order valence-corrected chi connectivity index (χ0v) is 10.3. The van der Waals surface area contributed by atoms with Gasteiger partial charge in [0, 0.05) is 6.54 Å². The lowest BCUT2D eigenvalue weighted by molar-refractivity contribution is 0.333. The molecule has 2 aromatic heterocycles. The molecule has 19 heavy (non-hydrogen) atoms. The fraction of sp³-hybridized carbons (Fsp3) is 0.500. The quantitative estimate of drug-likeness (QED) is 0.506. The third-order valence-corrected chi connectivity index (χ3v) is 3.15. The van der Waals surface area contributed by atoms with Crippen LogP contribution in [0.2, 0.25) is 0 Å². The number of nitrogens with zero attached hydrogens (tertiary/aromatic N) is 6. The highest BCUT2D eigenvalue weighted by Crippen LogP contribution is 2.26. The number of rotatable bonds is 5. The Morgan fingerprint density at radius 3 is 2.74 bits per heavy atom. The maximum atomic E-state index is 5.36. The summed E-state index contributed by atoms with van der Waals surface area (Å²) in [4.78, 5) is 16.4. The van der Waals surface area contributed by atoms with Crippen molar-refractivity contribution in [2.75, 3.05) is 17.3 Å². The van der Waals surface area contributed by atoms with Crippen molar-refractivity contribution in [3.05, 3.63) is 12.7 Å². The maximum Gasteiger partial charge on any atom is 0.258 e. The Balaban J connectivity index is 1.80. The van der Waals surface area contributed by atoms with E-state index in [0.29, 0.717) is 17.8 Å². The van der Waals surface area contributed by atoms with Crippen LogP contribution in [0.15, 0.2) is 12.7 Å². The Labute approximate surface area is 109 Å². The van der Waals surface area contributed by atoms with Crippen molar-refractivity contribution in [1.82, 2.24) is 29.7 Å². The number of aromatic nitrogens is 6. The van der Waals surface area contributed by atoms with Crippen molar-refractivity contribution in [2.24, 2.45) is 11.8 Å². The first kappa shape index (κ1) is 11.8. The van der Waals surface area contributed by atoms with E-state index in [2.05, 4.69) is 35.8 Å². The van der Waals surface area contributed by atoms with Gasteiger partial charge in [0.15, 0.2) is 0 Å². The van der Waals surface area contributed by atoms with E-state index < -0.39 is 0 Å². The van der Waals surface area contributed by atoms with Gasteiger partial charge in [-0.05, 0) is 18.8 Å². The molecule has 0 unspecified atom stereocenters. The van der Waals surface area contributed by atoms with Gasteiger partial charge in [0.1, 0.15) is 12.7 Å². The second-order valence-corrected chi connectivity index (χ2v) is 4.44. The second kappa shape index (κ2) is 5.14. The topological polar surface area (TPSA) is 119 Å². The molecule has 1 saturated carbocycles. The average molecular weight is 261 g/mol. The van der Waals surface area contributed by atoms with E-state index in [4.69, 9.17) is 5.84 Å². The van der Waals surface area contributed by atoms with Gasteiger partial charge in [0.25, 0.3) is 5.95 Å². The van der Waals surface area contributed by atoms with Gasteiger partial charge in [0.2, 0.25) is 11.9 Å².